The number of hydrogen-bond donors (Lipinski definition) is 5. The second kappa shape index (κ2) is 9.95. The molecule has 2 aromatic heterocycles. The highest BCUT2D eigenvalue weighted by molar-refractivity contribution is 7.32. The fourth-order valence-electron chi connectivity index (χ4n) is 3.86. The van der Waals surface area contributed by atoms with E-state index in [1.807, 2.05) is 4.90 Å². The van der Waals surface area contributed by atoms with Gasteiger partial charge >= 0.3 is 14.2 Å². The van der Waals surface area contributed by atoms with Gasteiger partial charge in [0.05, 0.1) is 19.0 Å². The van der Waals surface area contributed by atoms with Crippen LogP contribution < -0.4 is 4.90 Å². The number of fused-ring (bicyclic) bond motifs is 1. The van der Waals surface area contributed by atoms with Gasteiger partial charge in [-0.1, -0.05) is 0 Å². The van der Waals surface area contributed by atoms with Crippen molar-refractivity contribution in [3.8, 4) is 0 Å². The van der Waals surface area contributed by atoms with Gasteiger partial charge in [0.15, 0.2) is 23.2 Å². The Morgan fingerprint density at radius 3 is 2.61 bits per heavy atom. The molecule has 2 aromatic rings. The van der Waals surface area contributed by atoms with E-state index in [4.69, 9.17) is 19.5 Å². The summed E-state index contributed by atoms with van der Waals surface area (Å²) in [5.41, 5.74) is 0.792. The van der Waals surface area contributed by atoms with Crippen LogP contribution in [-0.4, -0.2) is 101 Å². The number of rotatable bonds is 8. The number of hydrogen-bond acceptors (Lipinski definition) is 12. The molecule has 2 fully saturated rings. The van der Waals surface area contributed by atoms with Crippen LogP contribution in [0.1, 0.15) is 19.1 Å². The number of aliphatic hydroxyl groups is 3. The van der Waals surface area contributed by atoms with Crippen molar-refractivity contribution in [2.24, 2.45) is 0 Å². The largest absolute Gasteiger partial charge is 0.477 e. The number of aliphatic carboxylic acids is 1. The molecule has 2 unspecified atom stereocenters. The summed E-state index contributed by atoms with van der Waals surface area (Å²) in [5, 5.41) is 39.6. The maximum absolute atomic E-state index is 11.1. The summed E-state index contributed by atoms with van der Waals surface area (Å²) in [5.74, 6) is -1.07. The lowest BCUT2D eigenvalue weighted by molar-refractivity contribution is -0.179. The predicted molar refractivity (Wildman–Crippen MR) is 108 cm³/mol. The van der Waals surface area contributed by atoms with Gasteiger partial charge in [-0.05, 0) is 12.8 Å². The minimum absolute atomic E-state index is 0.342. The van der Waals surface area contributed by atoms with Crippen molar-refractivity contribution in [1.29, 1.82) is 0 Å². The Kier molecular flexibility index (Phi) is 7.21. The molecule has 2 aliphatic heterocycles. The second-order valence-corrected chi connectivity index (χ2v) is 8.44. The van der Waals surface area contributed by atoms with Crippen molar-refractivity contribution in [3.63, 3.8) is 0 Å². The van der Waals surface area contributed by atoms with Gasteiger partial charge in [0.2, 0.25) is 0 Å². The van der Waals surface area contributed by atoms with Gasteiger partial charge in [-0.15, -0.1) is 0 Å². The highest BCUT2D eigenvalue weighted by atomic mass is 31.1. The van der Waals surface area contributed by atoms with E-state index >= 15 is 0 Å². The minimum Gasteiger partial charge on any atom is -0.477 e. The van der Waals surface area contributed by atoms with Crippen LogP contribution in [0, 0.1) is 0 Å². The molecule has 0 bridgehead atoms. The van der Waals surface area contributed by atoms with E-state index in [1.54, 1.807) is 0 Å². The molecule has 0 amide bonds. The Bertz CT molecular complexity index is 1020. The fourth-order valence-corrected chi connectivity index (χ4v) is 4.21. The molecular weight excluding hydrogens is 465 g/mol. The Balaban J connectivity index is 1.51. The van der Waals surface area contributed by atoms with Gasteiger partial charge in [-0.25, -0.2) is 19.7 Å². The van der Waals surface area contributed by atoms with Crippen molar-refractivity contribution in [1.82, 2.24) is 19.5 Å². The van der Waals surface area contributed by atoms with Crippen molar-refractivity contribution < 1.29 is 48.7 Å². The van der Waals surface area contributed by atoms with E-state index in [9.17, 15) is 24.7 Å². The van der Waals surface area contributed by atoms with E-state index < -0.39 is 51.7 Å². The summed E-state index contributed by atoms with van der Waals surface area (Å²) in [6.07, 6.45) is -3.67. The summed E-state index contributed by atoms with van der Waals surface area (Å²) in [6, 6.07) is 0. The Morgan fingerprint density at radius 1 is 1.21 bits per heavy atom. The third-order valence-electron chi connectivity index (χ3n) is 5.54. The van der Waals surface area contributed by atoms with Gasteiger partial charge < -0.3 is 39.7 Å². The third-order valence-corrected chi connectivity index (χ3v) is 5.95. The lowest BCUT2D eigenvalue weighted by Crippen LogP contribution is -2.36. The first kappa shape index (κ1) is 23.9. The summed E-state index contributed by atoms with van der Waals surface area (Å²) in [7, 11) is -3.59. The smallest absolute Gasteiger partial charge is 0.361 e. The van der Waals surface area contributed by atoms with Crippen LogP contribution in [-0.2, 0) is 23.4 Å². The average molecular weight is 489 g/mol. The van der Waals surface area contributed by atoms with Gasteiger partial charge in [0.25, 0.3) is 6.29 Å². The van der Waals surface area contributed by atoms with Crippen LogP contribution >= 0.6 is 8.25 Å². The van der Waals surface area contributed by atoms with Crippen molar-refractivity contribution in [3.05, 3.63) is 12.7 Å². The fraction of sp³-hybridized carbons (Fsp3) is 0.647. The van der Waals surface area contributed by atoms with Crippen LogP contribution in [0.5, 0.6) is 0 Å². The van der Waals surface area contributed by atoms with E-state index in [1.165, 1.54) is 17.2 Å². The molecule has 15 nitrogen and oxygen atoms in total. The van der Waals surface area contributed by atoms with E-state index in [0.29, 0.717) is 42.9 Å². The molecule has 4 rings (SSSR count). The number of aromatic nitrogens is 4. The van der Waals surface area contributed by atoms with Crippen LogP contribution in [0.4, 0.5) is 5.82 Å². The number of aliphatic hydroxyl groups excluding tert-OH is 3. The number of anilines is 1. The zero-order valence-corrected chi connectivity index (χ0v) is 18.2. The molecule has 0 radical (unpaired) electrons. The summed E-state index contributed by atoms with van der Waals surface area (Å²) < 4.78 is 27.1. The molecule has 16 heteroatoms. The molecule has 33 heavy (non-hydrogen) atoms. The molecule has 182 valence electrons. The first-order valence-electron chi connectivity index (χ1n) is 10.1. The topological polar surface area (TPSA) is 210 Å². The molecule has 0 saturated carbocycles. The number of ether oxygens (including phenoxy) is 2. The molecular formula is C17H24N5O10P. The van der Waals surface area contributed by atoms with E-state index in [2.05, 4.69) is 19.5 Å². The highest BCUT2D eigenvalue weighted by Crippen LogP contribution is 2.34. The Hall–Kier alpha value is -2.23. The average Bonchev–Trinajstić information content (AvgIpc) is 3.33. The third kappa shape index (κ3) is 5.00. The second-order valence-electron chi connectivity index (χ2n) is 7.67. The van der Waals surface area contributed by atoms with Crippen LogP contribution in [0.2, 0.25) is 0 Å². The number of carboxylic acids is 1. The normalized spacial score (nSPS) is 28.3. The Labute approximate surface area is 187 Å². The van der Waals surface area contributed by atoms with Crippen molar-refractivity contribution >= 4 is 31.2 Å². The molecule has 2 saturated heterocycles. The maximum atomic E-state index is 11.1. The van der Waals surface area contributed by atoms with Gasteiger partial charge in [0, 0.05) is 13.1 Å². The lowest BCUT2D eigenvalue weighted by Gasteiger charge is -2.30. The zero-order valence-electron chi connectivity index (χ0n) is 17.2. The van der Waals surface area contributed by atoms with Gasteiger partial charge in [-0.3, -0.25) is 13.7 Å². The maximum Gasteiger partial charge on any atom is 0.361 e. The first-order chi connectivity index (χ1) is 15.8. The number of carboxylic acid groups (broad SMARTS) is 1. The van der Waals surface area contributed by atoms with E-state index in [-0.39, 0.29) is 6.10 Å². The Morgan fingerprint density at radius 2 is 1.94 bits per heavy atom. The molecule has 6 atom stereocenters. The number of carbonyl (C=O) groups is 1. The predicted octanol–water partition coefficient (Wildman–Crippen LogP) is -1.77. The molecule has 0 aromatic carbocycles. The highest BCUT2D eigenvalue weighted by Gasteiger charge is 2.45. The minimum atomic E-state index is -3.59. The zero-order chi connectivity index (χ0) is 23.7. The molecule has 5 N–H and O–H groups in total. The summed E-state index contributed by atoms with van der Waals surface area (Å²) in [6.45, 7) is 0.644. The number of imidazole rings is 1. The molecule has 2 aliphatic rings. The van der Waals surface area contributed by atoms with Gasteiger partial charge in [0.1, 0.15) is 24.6 Å². The SMILES string of the molecule is O=C(O)C(OC[C@H]1O[C@@H](n2cnc3c(N4CCC(O)CC4)ncnc32)[C@H](O)[C@@H]1O)O[PH](=O)O. The molecule has 0 spiro atoms. The quantitative estimate of drug-likeness (QED) is 0.205. The van der Waals surface area contributed by atoms with Crippen molar-refractivity contribution in [2.75, 3.05) is 24.6 Å². The molecule has 0 aliphatic carbocycles. The van der Waals surface area contributed by atoms with E-state index in [0.717, 1.165) is 0 Å². The van der Waals surface area contributed by atoms with Crippen molar-refractivity contribution in [2.45, 2.75) is 49.8 Å². The monoisotopic (exact) mass is 489 g/mol. The van der Waals surface area contributed by atoms with Crippen LogP contribution in [0.3, 0.4) is 0 Å². The number of nitrogens with zero attached hydrogens (tertiary/aromatic N) is 5. The lowest BCUT2D eigenvalue weighted by atomic mass is 10.1. The summed E-state index contributed by atoms with van der Waals surface area (Å²) in [4.78, 5) is 34.7. The first-order valence-corrected chi connectivity index (χ1v) is 11.4. The number of piperidine rings is 1. The standard InChI is InChI=1S/C17H24N5O10P/c23-8-1-3-21(4-2-8)13-10-14(19-6-18-13)22(7-20-10)15-12(25)11(24)9(31-15)5-30-17(16(26)27)32-33(28)29/h6-9,11-12,15,17,23-25,33H,1-5H2,(H,26,27)(H,28,29)/t9-,11-,12-,15-,17?/m1/s1. The van der Waals surface area contributed by atoms with Gasteiger partial charge in [-0.2, -0.15) is 0 Å². The van der Waals surface area contributed by atoms with Crippen LogP contribution in [0.15, 0.2) is 12.7 Å². The van der Waals surface area contributed by atoms with Crippen LogP contribution in [0.25, 0.3) is 11.2 Å². The molecule has 4 heterocycles. The summed E-state index contributed by atoms with van der Waals surface area (Å²) >= 11 is 0.